The van der Waals surface area contributed by atoms with Gasteiger partial charge in [-0.2, -0.15) is 12.1 Å². The summed E-state index contributed by atoms with van der Waals surface area (Å²) in [5.41, 5.74) is 8.62. The molecule has 0 unspecified atom stereocenters. The zero-order chi connectivity index (χ0) is 35.0. The van der Waals surface area contributed by atoms with Crippen LogP contribution in [0.2, 0.25) is 0 Å². The monoisotopic (exact) mass is 869 g/mol. The summed E-state index contributed by atoms with van der Waals surface area (Å²) in [6, 6.07) is 46.2. The van der Waals surface area contributed by atoms with Gasteiger partial charge in [-0.1, -0.05) is 62.7 Å². The van der Waals surface area contributed by atoms with Gasteiger partial charge in [-0.25, -0.2) is 4.98 Å². The second-order valence-corrected chi connectivity index (χ2v) is 14.1. The van der Waals surface area contributed by atoms with Crippen LogP contribution in [0.4, 0.5) is 22.7 Å². The van der Waals surface area contributed by atoms with Crippen molar-refractivity contribution in [3.63, 3.8) is 0 Å². The molecule has 5 aromatic carbocycles. The van der Waals surface area contributed by atoms with E-state index in [1.807, 2.05) is 67.1 Å². The SMILES string of the molecule is CC(C)(C)c1ccnc(-n2c3[c-]c(Oc4[c-]c(N5[CH-]N(c6ccc7c(c6)oc6ccccc67)c6ccncc65)ccc4)ccc3c3ccccc32)c1.[Pt]. The Hall–Kier alpha value is -5.91. The van der Waals surface area contributed by atoms with Crippen molar-refractivity contribution in [2.45, 2.75) is 26.2 Å². The molecule has 0 radical (unpaired) electrons. The number of hydrogen-bond donors (Lipinski definition) is 0. The maximum atomic E-state index is 6.50. The number of pyridine rings is 2. The van der Waals surface area contributed by atoms with Crippen molar-refractivity contribution < 1.29 is 30.2 Å². The molecule has 0 fully saturated rings. The van der Waals surface area contributed by atoms with Crippen LogP contribution in [0.25, 0.3) is 49.6 Å². The Bertz CT molecular complexity index is 2830. The Kier molecular flexibility index (Phi) is 7.86. The number of benzene rings is 5. The topological polar surface area (TPSA) is 59.6 Å². The van der Waals surface area contributed by atoms with Crippen molar-refractivity contribution in [3.05, 3.63) is 158 Å². The van der Waals surface area contributed by atoms with Gasteiger partial charge in [-0.05, 0) is 58.8 Å². The second kappa shape index (κ2) is 12.6. The van der Waals surface area contributed by atoms with E-state index >= 15 is 0 Å². The smallest absolute Gasteiger partial charge is 0.137 e. The third kappa shape index (κ3) is 5.55. The zero-order valence-electron chi connectivity index (χ0n) is 29.1. The van der Waals surface area contributed by atoms with Crippen LogP contribution >= 0.6 is 0 Å². The van der Waals surface area contributed by atoms with Crippen LogP contribution in [0.3, 0.4) is 0 Å². The van der Waals surface area contributed by atoms with E-state index in [0.717, 1.165) is 72.3 Å². The molecule has 0 saturated carbocycles. The van der Waals surface area contributed by atoms with Gasteiger partial charge in [-0.3, -0.25) is 4.98 Å². The molecular formula is C45H32N5O2Pt-3. The van der Waals surface area contributed by atoms with Gasteiger partial charge >= 0.3 is 0 Å². The molecule has 1 aliphatic heterocycles. The molecule has 0 N–H and O–H groups in total. The fraction of sp³-hybridized carbons (Fsp3) is 0.0889. The van der Waals surface area contributed by atoms with Gasteiger partial charge < -0.3 is 23.5 Å². The van der Waals surface area contributed by atoms with E-state index in [-0.39, 0.29) is 26.5 Å². The maximum Gasteiger partial charge on any atom is 0.137 e. The van der Waals surface area contributed by atoms with Gasteiger partial charge in [0, 0.05) is 84.9 Å². The average Bonchev–Trinajstić information content (AvgIpc) is 3.84. The molecule has 7 nitrogen and oxygen atoms in total. The normalized spacial score (nSPS) is 12.9. The minimum atomic E-state index is -0.0161. The first kappa shape index (κ1) is 33.0. The van der Waals surface area contributed by atoms with E-state index in [1.54, 1.807) is 0 Å². The minimum Gasteiger partial charge on any atom is -0.509 e. The molecular weight excluding hydrogens is 838 g/mol. The standard InChI is InChI=1S/C45H32N5O2.Pt/c1-45(2,3)29-19-22-47-44(23-29)50-38-13-6-4-11-34(38)35-18-16-33(26-40(35)50)51-32-10-8-9-30(24-32)49-28-48(39-20-21-46-27-41(39)49)31-15-17-37-36-12-5-7-14-42(36)52-43(37)25-31;/h4-23,25,27-28H,1-3H3;/q-3;. The quantitative estimate of drug-likeness (QED) is 0.161. The van der Waals surface area contributed by atoms with E-state index in [0.29, 0.717) is 11.5 Å². The van der Waals surface area contributed by atoms with Crippen LogP contribution in [0, 0.1) is 18.8 Å². The van der Waals surface area contributed by atoms with Gasteiger partial charge in [0.2, 0.25) is 0 Å². The van der Waals surface area contributed by atoms with Crippen LogP contribution < -0.4 is 14.5 Å². The Labute approximate surface area is 321 Å². The van der Waals surface area contributed by atoms with Gasteiger partial charge in [0.1, 0.15) is 17.0 Å². The molecule has 4 aromatic heterocycles. The fourth-order valence-corrected chi connectivity index (χ4v) is 7.20. The number of furan rings is 1. The Morgan fingerprint density at radius 2 is 1.47 bits per heavy atom. The molecule has 53 heavy (non-hydrogen) atoms. The number of ether oxygens (including phenoxy) is 1. The summed E-state index contributed by atoms with van der Waals surface area (Å²) in [5.74, 6) is 2.01. The predicted octanol–water partition coefficient (Wildman–Crippen LogP) is 11.6. The summed E-state index contributed by atoms with van der Waals surface area (Å²) in [5, 5.41) is 4.42. The molecule has 8 heteroatoms. The number of rotatable bonds is 5. The van der Waals surface area contributed by atoms with Gasteiger partial charge in [0.25, 0.3) is 0 Å². The largest absolute Gasteiger partial charge is 0.509 e. The molecule has 10 rings (SSSR count). The number of anilines is 4. The van der Waals surface area contributed by atoms with Crippen molar-refractivity contribution in [2.75, 3.05) is 9.80 Å². The molecule has 5 heterocycles. The van der Waals surface area contributed by atoms with E-state index in [1.165, 1.54) is 5.56 Å². The third-order valence-electron chi connectivity index (χ3n) is 9.80. The number of para-hydroxylation sites is 2. The Morgan fingerprint density at radius 3 is 2.36 bits per heavy atom. The van der Waals surface area contributed by atoms with Crippen molar-refractivity contribution in [3.8, 4) is 17.3 Å². The molecule has 0 atom stereocenters. The Morgan fingerprint density at radius 1 is 0.679 bits per heavy atom. The first-order valence-electron chi connectivity index (χ1n) is 17.3. The summed E-state index contributed by atoms with van der Waals surface area (Å²) in [6.45, 7) is 8.71. The van der Waals surface area contributed by atoms with E-state index in [4.69, 9.17) is 14.1 Å². The van der Waals surface area contributed by atoms with Crippen LogP contribution in [0.15, 0.2) is 138 Å². The van der Waals surface area contributed by atoms with Gasteiger partial charge in [0.05, 0.1) is 5.69 Å². The van der Waals surface area contributed by atoms with Crippen LogP contribution in [0.1, 0.15) is 26.3 Å². The minimum absolute atomic E-state index is 0. The molecule has 0 bridgehead atoms. The summed E-state index contributed by atoms with van der Waals surface area (Å²) in [6.07, 6.45) is 5.57. The van der Waals surface area contributed by atoms with Crippen molar-refractivity contribution in [1.82, 2.24) is 14.5 Å². The van der Waals surface area contributed by atoms with Crippen molar-refractivity contribution >= 4 is 66.5 Å². The molecule has 0 aliphatic carbocycles. The van der Waals surface area contributed by atoms with Gasteiger partial charge in [-0.15, -0.1) is 48.1 Å². The Balaban J connectivity index is 0.00000372. The molecule has 0 spiro atoms. The summed E-state index contributed by atoms with van der Waals surface area (Å²) in [7, 11) is 0. The molecule has 262 valence electrons. The van der Waals surface area contributed by atoms with Crippen LogP contribution in [0.5, 0.6) is 11.5 Å². The first-order valence-corrected chi connectivity index (χ1v) is 17.3. The second-order valence-electron chi connectivity index (χ2n) is 14.1. The number of aromatic nitrogens is 3. The predicted molar refractivity (Wildman–Crippen MR) is 208 cm³/mol. The molecule has 1 aliphatic rings. The fourth-order valence-electron chi connectivity index (χ4n) is 7.20. The average molecular weight is 870 g/mol. The van der Waals surface area contributed by atoms with Gasteiger partial charge in [0.15, 0.2) is 0 Å². The third-order valence-corrected chi connectivity index (χ3v) is 9.80. The summed E-state index contributed by atoms with van der Waals surface area (Å²) in [4.78, 5) is 13.5. The first-order chi connectivity index (χ1) is 25.4. The molecule has 0 amide bonds. The van der Waals surface area contributed by atoms with Crippen molar-refractivity contribution in [1.29, 1.82) is 0 Å². The maximum absolute atomic E-state index is 6.50. The molecule has 9 aromatic rings. The number of nitrogens with zero attached hydrogens (tertiary/aromatic N) is 5. The summed E-state index contributed by atoms with van der Waals surface area (Å²) >= 11 is 0. The van der Waals surface area contributed by atoms with E-state index in [2.05, 4.69) is 126 Å². The van der Waals surface area contributed by atoms with E-state index < -0.39 is 0 Å². The van der Waals surface area contributed by atoms with Crippen LogP contribution in [-0.2, 0) is 26.5 Å². The van der Waals surface area contributed by atoms with Crippen LogP contribution in [-0.4, -0.2) is 14.5 Å². The zero-order valence-corrected chi connectivity index (χ0v) is 31.4. The number of hydrogen-bond acceptors (Lipinski definition) is 6. The molecule has 0 saturated heterocycles. The van der Waals surface area contributed by atoms with E-state index in [9.17, 15) is 0 Å². The van der Waals surface area contributed by atoms with Crippen molar-refractivity contribution in [2.24, 2.45) is 0 Å². The number of fused-ring (bicyclic) bond motifs is 7. The summed E-state index contributed by atoms with van der Waals surface area (Å²) < 4.78 is 14.9.